The summed E-state index contributed by atoms with van der Waals surface area (Å²) >= 11 is 0. The third-order valence-corrected chi connectivity index (χ3v) is 4.97. The number of aromatic nitrogens is 2. The van der Waals surface area contributed by atoms with Crippen LogP contribution in [-0.4, -0.2) is 23.0 Å². The summed E-state index contributed by atoms with van der Waals surface area (Å²) in [5, 5.41) is 2.67. The zero-order valence-corrected chi connectivity index (χ0v) is 16.5. The van der Waals surface area contributed by atoms with Gasteiger partial charge in [0.05, 0.1) is 12.7 Å². The van der Waals surface area contributed by atoms with Crippen LogP contribution in [0.2, 0.25) is 0 Å². The Hall–Kier alpha value is -3.68. The standard InChI is InChI=1S/C22H20FN3O4/c1-12-24-21-20(22(28)25-12)16(10-19(27)26-21)14-5-8-17(18(9-14)29-2)30-11-13-3-6-15(23)7-4-13/h3-9,16H,10-11H2,1-2H3,(H2,24,25,26,27,28)/t16-/m1/s1. The van der Waals surface area contributed by atoms with Crippen molar-refractivity contribution in [1.29, 1.82) is 0 Å². The molecule has 154 valence electrons. The van der Waals surface area contributed by atoms with Gasteiger partial charge in [0.2, 0.25) is 5.91 Å². The zero-order valence-electron chi connectivity index (χ0n) is 16.5. The summed E-state index contributed by atoms with van der Waals surface area (Å²) in [6.07, 6.45) is 0.125. The molecule has 0 aliphatic carbocycles. The molecule has 1 aliphatic rings. The van der Waals surface area contributed by atoms with E-state index in [1.807, 2.05) is 0 Å². The van der Waals surface area contributed by atoms with Crippen molar-refractivity contribution < 1.29 is 18.7 Å². The zero-order chi connectivity index (χ0) is 21.3. The van der Waals surface area contributed by atoms with E-state index >= 15 is 0 Å². The lowest BCUT2D eigenvalue weighted by Gasteiger charge is -2.25. The predicted octanol–water partition coefficient (Wildman–Crippen LogP) is 3.28. The van der Waals surface area contributed by atoms with Crippen molar-refractivity contribution >= 4 is 11.7 Å². The van der Waals surface area contributed by atoms with Crippen LogP contribution in [0.15, 0.2) is 47.3 Å². The van der Waals surface area contributed by atoms with Gasteiger partial charge in [-0.1, -0.05) is 18.2 Å². The molecule has 7 nitrogen and oxygen atoms in total. The number of nitrogens with zero attached hydrogens (tertiary/aromatic N) is 1. The molecule has 0 spiro atoms. The number of benzene rings is 2. The predicted molar refractivity (Wildman–Crippen MR) is 108 cm³/mol. The molecule has 0 bridgehead atoms. The molecule has 30 heavy (non-hydrogen) atoms. The van der Waals surface area contributed by atoms with E-state index in [1.54, 1.807) is 37.3 Å². The van der Waals surface area contributed by atoms with Crippen LogP contribution in [0.5, 0.6) is 11.5 Å². The van der Waals surface area contributed by atoms with Crippen LogP contribution < -0.4 is 20.3 Å². The van der Waals surface area contributed by atoms with E-state index in [0.29, 0.717) is 22.9 Å². The number of hydrogen-bond acceptors (Lipinski definition) is 5. The molecular formula is C22H20FN3O4. The number of H-pyrrole nitrogens is 1. The number of halogens is 1. The molecule has 2 heterocycles. The first-order valence-electron chi connectivity index (χ1n) is 9.40. The number of ether oxygens (including phenoxy) is 2. The van der Waals surface area contributed by atoms with Crippen molar-refractivity contribution in [1.82, 2.24) is 9.97 Å². The highest BCUT2D eigenvalue weighted by Gasteiger charge is 2.31. The Balaban J connectivity index is 1.64. The number of aromatic amines is 1. The number of nitrogens with one attached hydrogen (secondary N) is 2. The molecule has 0 fully saturated rings. The summed E-state index contributed by atoms with van der Waals surface area (Å²) in [5.41, 5.74) is 1.70. The SMILES string of the molecule is COc1cc([C@H]2CC(=O)Nc3nc(C)[nH]c(=O)c32)ccc1OCc1ccc(F)cc1. The van der Waals surface area contributed by atoms with Crippen LogP contribution in [0.25, 0.3) is 0 Å². The Morgan fingerprint density at radius 1 is 1.13 bits per heavy atom. The van der Waals surface area contributed by atoms with Crippen LogP contribution >= 0.6 is 0 Å². The fraction of sp³-hybridized carbons (Fsp3) is 0.227. The lowest BCUT2D eigenvalue weighted by molar-refractivity contribution is -0.116. The van der Waals surface area contributed by atoms with Crippen molar-refractivity contribution in [2.75, 3.05) is 12.4 Å². The largest absolute Gasteiger partial charge is 0.493 e. The minimum Gasteiger partial charge on any atom is -0.493 e. The summed E-state index contributed by atoms with van der Waals surface area (Å²) in [6, 6.07) is 11.3. The molecule has 1 atom stereocenters. The third kappa shape index (κ3) is 3.89. The van der Waals surface area contributed by atoms with Crippen molar-refractivity contribution in [2.45, 2.75) is 25.9 Å². The molecule has 4 rings (SSSR count). The lowest BCUT2D eigenvalue weighted by Crippen LogP contribution is -2.31. The summed E-state index contributed by atoms with van der Waals surface area (Å²) in [4.78, 5) is 31.7. The third-order valence-electron chi connectivity index (χ3n) is 4.97. The summed E-state index contributed by atoms with van der Waals surface area (Å²) < 4.78 is 24.3. The Bertz CT molecular complexity index is 1160. The number of hydrogen-bond donors (Lipinski definition) is 2. The normalized spacial score (nSPS) is 15.3. The lowest BCUT2D eigenvalue weighted by atomic mass is 9.86. The fourth-order valence-electron chi connectivity index (χ4n) is 3.53. The van der Waals surface area contributed by atoms with Crippen molar-refractivity contribution in [3.8, 4) is 11.5 Å². The highest BCUT2D eigenvalue weighted by Crippen LogP contribution is 2.38. The minimum absolute atomic E-state index is 0.125. The second-order valence-electron chi connectivity index (χ2n) is 7.04. The van der Waals surface area contributed by atoms with Crippen LogP contribution in [-0.2, 0) is 11.4 Å². The maximum absolute atomic E-state index is 13.1. The molecule has 0 radical (unpaired) electrons. The molecular weight excluding hydrogens is 389 g/mol. The maximum Gasteiger partial charge on any atom is 0.256 e. The van der Waals surface area contributed by atoms with E-state index in [0.717, 1.165) is 11.1 Å². The Kier molecular flexibility index (Phi) is 5.22. The molecule has 2 aromatic carbocycles. The van der Waals surface area contributed by atoms with Crippen LogP contribution in [0.4, 0.5) is 10.2 Å². The van der Waals surface area contributed by atoms with Crippen molar-refractivity contribution in [3.05, 3.63) is 81.2 Å². The number of methoxy groups -OCH3 is 1. The maximum atomic E-state index is 13.1. The topological polar surface area (TPSA) is 93.3 Å². The molecule has 3 aromatic rings. The van der Waals surface area contributed by atoms with E-state index < -0.39 is 5.92 Å². The smallest absolute Gasteiger partial charge is 0.256 e. The van der Waals surface area contributed by atoms with E-state index in [2.05, 4.69) is 15.3 Å². The number of carbonyl (C=O) groups is 1. The number of anilines is 1. The second-order valence-corrected chi connectivity index (χ2v) is 7.04. The second kappa shape index (κ2) is 7.98. The first kappa shape index (κ1) is 19.6. The summed E-state index contributed by atoms with van der Waals surface area (Å²) in [6.45, 7) is 1.90. The van der Waals surface area contributed by atoms with E-state index in [-0.39, 0.29) is 36.1 Å². The van der Waals surface area contributed by atoms with Gasteiger partial charge in [0.25, 0.3) is 5.56 Å². The number of fused-ring (bicyclic) bond motifs is 1. The number of carbonyl (C=O) groups excluding carboxylic acids is 1. The van der Waals surface area contributed by atoms with Crippen molar-refractivity contribution in [2.24, 2.45) is 0 Å². The van der Waals surface area contributed by atoms with Gasteiger partial charge < -0.3 is 19.8 Å². The van der Waals surface area contributed by atoms with Gasteiger partial charge in [-0.3, -0.25) is 9.59 Å². The average molecular weight is 409 g/mol. The van der Waals surface area contributed by atoms with E-state index in [4.69, 9.17) is 9.47 Å². The van der Waals surface area contributed by atoms with Crippen LogP contribution in [0.1, 0.15) is 34.9 Å². The summed E-state index contributed by atoms with van der Waals surface area (Å²) in [7, 11) is 1.52. The first-order valence-corrected chi connectivity index (χ1v) is 9.40. The van der Waals surface area contributed by atoms with Gasteiger partial charge in [0, 0.05) is 12.3 Å². The van der Waals surface area contributed by atoms with Gasteiger partial charge in [-0.2, -0.15) is 0 Å². The quantitative estimate of drug-likeness (QED) is 0.675. The first-order chi connectivity index (χ1) is 14.4. The average Bonchev–Trinajstić information content (AvgIpc) is 2.72. The number of rotatable bonds is 5. The summed E-state index contributed by atoms with van der Waals surface area (Å²) in [5.74, 6) is 0.721. The van der Waals surface area contributed by atoms with Gasteiger partial charge in [0.1, 0.15) is 24.1 Å². The van der Waals surface area contributed by atoms with E-state index in [9.17, 15) is 14.0 Å². The van der Waals surface area contributed by atoms with Gasteiger partial charge in [-0.05, 0) is 42.3 Å². The fourth-order valence-corrected chi connectivity index (χ4v) is 3.53. The molecule has 8 heteroatoms. The van der Waals surface area contributed by atoms with Crippen molar-refractivity contribution in [3.63, 3.8) is 0 Å². The monoisotopic (exact) mass is 409 g/mol. The van der Waals surface area contributed by atoms with Gasteiger partial charge in [-0.15, -0.1) is 0 Å². The van der Waals surface area contributed by atoms with Gasteiger partial charge in [-0.25, -0.2) is 9.37 Å². The molecule has 0 saturated carbocycles. The molecule has 1 aliphatic heterocycles. The van der Waals surface area contributed by atoms with Crippen LogP contribution in [0, 0.1) is 12.7 Å². The Morgan fingerprint density at radius 3 is 2.63 bits per heavy atom. The minimum atomic E-state index is -0.453. The highest BCUT2D eigenvalue weighted by molar-refractivity contribution is 5.94. The van der Waals surface area contributed by atoms with Gasteiger partial charge >= 0.3 is 0 Å². The molecule has 1 amide bonds. The number of amides is 1. The van der Waals surface area contributed by atoms with Gasteiger partial charge in [0.15, 0.2) is 11.5 Å². The molecule has 0 saturated heterocycles. The molecule has 0 unspecified atom stereocenters. The molecule has 1 aromatic heterocycles. The Morgan fingerprint density at radius 2 is 1.90 bits per heavy atom. The highest BCUT2D eigenvalue weighted by atomic mass is 19.1. The van der Waals surface area contributed by atoms with E-state index in [1.165, 1.54) is 19.2 Å². The Labute approximate surface area is 171 Å². The molecule has 2 N–H and O–H groups in total. The van der Waals surface area contributed by atoms with Crippen LogP contribution in [0.3, 0.4) is 0 Å². The number of aryl methyl sites for hydroxylation is 1.